The van der Waals surface area contributed by atoms with Gasteiger partial charge < -0.3 is 15.4 Å². The van der Waals surface area contributed by atoms with Crippen LogP contribution in [-0.2, 0) is 9.53 Å². The Morgan fingerprint density at radius 2 is 1.68 bits per heavy atom. The van der Waals surface area contributed by atoms with Crippen LogP contribution in [0.4, 0.5) is 16.2 Å². The first-order valence-corrected chi connectivity index (χ1v) is 7.33. The first-order valence-electron chi connectivity index (χ1n) is 7.33. The summed E-state index contributed by atoms with van der Waals surface area (Å²) < 4.78 is 4.80. The van der Waals surface area contributed by atoms with Crippen molar-refractivity contribution in [3.63, 3.8) is 0 Å². The Balaban J connectivity index is 2.56. The van der Waals surface area contributed by atoms with E-state index in [1.165, 1.54) is 0 Å². The van der Waals surface area contributed by atoms with Crippen molar-refractivity contribution in [3.8, 4) is 0 Å². The number of nitrogens with one attached hydrogen (secondary N) is 3. The molecule has 22 heavy (non-hydrogen) atoms. The molecule has 0 saturated carbocycles. The molecule has 0 heterocycles. The lowest BCUT2D eigenvalue weighted by Crippen LogP contribution is -2.47. The smallest absolute Gasteiger partial charge is 0.411 e. The number of anilines is 2. The van der Waals surface area contributed by atoms with Crippen LogP contribution in [-0.4, -0.2) is 30.2 Å². The molecule has 1 aromatic rings. The Labute approximate surface area is 131 Å². The van der Waals surface area contributed by atoms with E-state index < -0.39 is 6.09 Å². The van der Waals surface area contributed by atoms with Crippen molar-refractivity contribution < 1.29 is 14.3 Å². The topological polar surface area (TPSA) is 79.5 Å². The minimum atomic E-state index is -0.485. The van der Waals surface area contributed by atoms with Crippen LogP contribution in [0.15, 0.2) is 24.3 Å². The van der Waals surface area contributed by atoms with Crippen LogP contribution in [0.5, 0.6) is 0 Å². The predicted molar refractivity (Wildman–Crippen MR) is 88.1 cm³/mol. The van der Waals surface area contributed by atoms with Crippen molar-refractivity contribution in [3.05, 3.63) is 24.3 Å². The zero-order chi connectivity index (χ0) is 16.8. The van der Waals surface area contributed by atoms with Gasteiger partial charge in [-0.3, -0.25) is 10.1 Å². The van der Waals surface area contributed by atoms with Gasteiger partial charge in [0.15, 0.2) is 0 Å². The second kappa shape index (κ2) is 7.68. The van der Waals surface area contributed by atoms with Crippen LogP contribution < -0.4 is 16.0 Å². The maximum Gasteiger partial charge on any atom is 0.411 e. The lowest BCUT2D eigenvalue weighted by molar-refractivity contribution is -0.122. The van der Waals surface area contributed by atoms with Gasteiger partial charge in [-0.25, -0.2) is 4.79 Å². The summed E-state index contributed by atoms with van der Waals surface area (Å²) in [7, 11) is 0. The minimum Gasteiger partial charge on any atom is -0.450 e. The van der Waals surface area contributed by atoms with E-state index in [4.69, 9.17) is 4.74 Å². The molecular formula is C16H25N3O3. The normalized spacial score (nSPS) is 12.2. The van der Waals surface area contributed by atoms with Gasteiger partial charge in [0.2, 0.25) is 5.91 Å². The summed E-state index contributed by atoms with van der Waals surface area (Å²) >= 11 is 0. The highest BCUT2D eigenvalue weighted by atomic mass is 16.5. The zero-order valence-corrected chi connectivity index (χ0v) is 13.8. The quantitative estimate of drug-likeness (QED) is 0.781. The van der Waals surface area contributed by atoms with E-state index >= 15 is 0 Å². The van der Waals surface area contributed by atoms with Crippen molar-refractivity contribution in [2.75, 3.05) is 17.2 Å². The van der Waals surface area contributed by atoms with Crippen molar-refractivity contribution in [1.29, 1.82) is 0 Å². The van der Waals surface area contributed by atoms with E-state index in [0.29, 0.717) is 12.3 Å². The molecule has 0 aliphatic rings. The van der Waals surface area contributed by atoms with E-state index in [9.17, 15) is 9.59 Å². The molecule has 0 radical (unpaired) electrons. The molecule has 1 rings (SSSR count). The third-order valence-electron chi connectivity index (χ3n) is 2.68. The lowest BCUT2D eigenvalue weighted by Gasteiger charge is -2.24. The lowest BCUT2D eigenvalue weighted by atomic mass is 10.1. The summed E-state index contributed by atoms with van der Waals surface area (Å²) in [6, 6.07) is 6.72. The summed E-state index contributed by atoms with van der Waals surface area (Å²) in [4.78, 5) is 23.3. The number of amides is 2. The Morgan fingerprint density at radius 3 is 2.18 bits per heavy atom. The third-order valence-corrected chi connectivity index (χ3v) is 2.68. The van der Waals surface area contributed by atoms with Crippen molar-refractivity contribution in [1.82, 2.24) is 5.32 Å². The fourth-order valence-electron chi connectivity index (χ4n) is 1.73. The van der Waals surface area contributed by atoms with Gasteiger partial charge in [-0.1, -0.05) is 0 Å². The van der Waals surface area contributed by atoms with Crippen molar-refractivity contribution in [2.45, 2.75) is 46.2 Å². The van der Waals surface area contributed by atoms with Gasteiger partial charge >= 0.3 is 6.09 Å². The molecule has 6 heteroatoms. The highest BCUT2D eigenvalue weighted by molar-refractivity contribution is 5.86. The molecular weight excluding hydrogens is 282 g/mol. The van der Waals surface area contributed by atoms with Crippen LogP contribution in [0.25, 0.3) is 0 Å². The molecule has 0 saturated heterocycles. The third kappa shape index (κ3) is 6.47. The van der Waals surface area contributed by atoms with Crippen LogP contribution >= 0.6 is 0 Å². The number of ether oxygens (including phenoxy) is 1. The number of carbonyl (C=O) groups excluding carboxylic acids is 2. The van der Waals surface area contributed by atoms with Crippen LogP contribution in [0.1, 0.15) is 34.6 Å². The first kappa shape index (κ1) is 17.8. The molecule has 6 nitrogen and oxygen atoms in total. The van der Waals surface area contributed by atoms with Gasteiger partial charge in [0.05, 0.1) is 6.61 Å². The number of benzene rings is 1. The van der Waals surface area contributed by atoms with Crippen LogP contribution in [0.3, 0.4) is 0 Å². The molecule has 3 N–H and O–H groups in total. The summed E-state index contributed by atoms with van der Waals surface area (Å²) in [6.45, 7) is 9.68. The van der Waals surface area contributed by atoms with E-state index in [2.05, 4.69) is 16.0 Å². The number of hydrogen-bond acceptors (Lipinski definition) is 4. The zero-order valence-electron chi connectivity index (χ0n) is 13.8. The van der Waals surface area contributed by atoms with E-state index in [0.717, 1.165) is 5.69 Å². The molecule has 122 valence electrons. The molecule has 0 bridgehead atoms. The first-order chi connectivity index (χ1) is 10.2. The Bertz CT molecular complexity index is 506. The molecule has 1 atom stereocenters. The predicted octanol–water partition coefficient (Wildman–Crippen LogP) is 2.97. The van der Waals surface area contributed by atoms with Gasteiger partial charge in [0.25, 0.3) is 0 Å². The summed E-state index contributed by atoms with van der Waals surface area (Å²) in [6.07, 6.45) is -0.485. The van der Waals surface area contributed by atoms with Gasteiger partial charge in [0.1, 0.15) is 6.04 Å². The van der Waals surface area contributed by atoms with Crippen molar-refractivity contribution in [2.24, 2.45) is 0 Å². The largest absolute Gasteiger partial charge is 0.450 e. The molecule has 0 fully saturated rings. The Hall–Kier alpha value is -2.24. The highest BCUT2D eigenvalue weighted by Crippen LogP contribution is 2.15. The fraction of sp³-hybridized carbons (Fsp3) is 0.500. The Kier molecular flexibility index (Phi) is 6.22. The molecule has 0 unspecified atom stereocenters. The average Bonchev–Trinajstić information content (AvgIpc) is 2.39. The SMILES string of the molecule is CCOC(=O)Nc1ccc(N[C@@H](C)C(=O)NC(C)(C)C)cc1. The Morgan fingerprint density at radius 1 is 1.14 bits per heavy atom. The second-order valence-electron chi connectivity index (χ2n) is 6.03. The van der Waals surface area contributed by atoms with Gasteiger partial charge in [-0.15, -0.1) is 0 Å². The molecule has 1 aromatic carbocycles. The van der Waals surface area contributed by atoms with Crippen LogP contribution in [0, 0.1) is 0 Å². The van der Waals surface area contributed by atoms with Crippen molar-refractivity contribution >= 4 is 23.4 Å². The van der Waals surface area contributed by atoms with Crippen LogP contribution in [0.2, 0.25) is 0 Å². The minimum absolute atomic E-state index is 0.0683. The maximum absolute atomic E-state index is 12.0. The molecule has 0 aliphatic heterocycles. The van der Waals surface area contributed by atoms with E-state index in [1.54, 1.807) is 38.1 Å². The average molecular weight is 307 g/mol. The van der Waals surface area contributed by atoms with Gasteiger partial charge in [-0.2, -0.15) is 0 Å². The fourth-order valence-corrected chi connectivity index (χ4v) is 1.73. The molecule has 0 aromatic heterocycles. The number of rotatable bonds is 5. The highest BCUT2D eigenvalue weighted by Gasteiger charge is 2.18. The standard InChI is InChI=1S/C16H25N3O3/c1-6-22-15(21)18-13-9-7-12(8-10-13)17-11(2)14(20)19-16(3,4)5/h7-11,17H,6H2,1-5H3,(H,18,21)(H,19,20)/t11-/m0/s1. The number of carbonyl (C=O) groups is 2. The summed E-state index contributed by atoms with van der Waals surface area (Å²) in [5, 5.41) is 8.64. The summed E-state index contributed by atoms with van der Waals surface area (Å²) in [5.41, 5.74) is 1.17. The monoisotopic (exact) mass is 307 g/mol. The van der Waals surface area contributed by atoms with Gasteiger partial charge in [0, 0.05) is 16.9 Å². The number of hydrogen-bond donors (Lipinski definition) is 3. The van der Waals surface area contributed by atoms with E-state index in [1.807, 2.05) is 20.8 Å². The molecule has 0 spiro atoms. The molecule has 2 amide bonds. The maximum atomic E-state index is 12.0. The summed E-state index contributed by atoms with van der Waals surface area (Å²) in [5.74, 6) is -0.0683. The van der Waals surface area contributed by atoms with Gasteiger partial charge in [-0.05, 0) is 58.9 Å². The van der Waals surface area contributed by atoms with E-state index in [-0.39, 0.29) is 17.5 Å². The second-order valence-corrected chi connectivity index (χ2v) is 6.03. The molecule has 0 aliphatic carbocycles.